The second kappa shape index (κ2) is 21.2. The predicted molar refractivity (Wildman–Crippen MR) is 214 cm³/mol. The molecule has 0 aromatic heterocycles. The van der Waals surface area contributed by atoms with Gasteiger partial charge in [0.1, 0.15) is 11.5 Å². The van der Waals surface area contributed by atoms with Gasteiger partial charge in [0.05, 0.1) is 40.3 Å². The summed E-state index contributed by atoms with van der Waals surface area (Å²) in [4.78, 5) is 24.7. The van der Waals surface area contributed by atoms with Gasteiger partial charge in [-0.3, -0.25) is 9.59 Å². The van der Waals surface area contributed by atoms with Crippen molar-refractivity contribution < 1.29 is 28.5 Å². The van der Waals surface area contributed by atoms with Crippen LogP contribution in [0.3, 0.4) is 0 Å². The van der Waals surface area contributed by atoms with E-state index in [0.717, 1.165) is 53.4 Å². The van der Waals surface area contributed by atoms with Crippen molar-refractivity contribution in [1.29, 1.82) is 0 Å². The van der Waals surface area contributed by atoms with E-state index in [1.807, 2.05) is 62.4 Å². The highest BCUT2D eigenvalue weighted by Gasteiger charge is 2.19. The summed E-state index contributed by atoms with van der Waals surface area (Å²) < 4.78 is 21.4. The summed E-state index contributed by atoms with van der Waals surface area (Å²) in [7, 11) is 3.33. The maximum Gasteiger partial charge on any atom is 0.310 e. The number of carbonyl (C=O) groups is 2. The van der Waals surface area contributed by atoms with Crippen molar-refractivity contribution in [3.05, 3.63) is 130 Å². The van der Waals surface area contributed by atoms with Crippen LogP contribution in [-0.4, -0.2) is 61.6 Å². The Morgan fingerprint density at radius 2 is 1.08 bits per heavy atom. The fourth-order valence-electron chi connectivity index (χ4n) is 6.30. The van der Waals surface area contributed by atoms with Crippen molar-refractivity contribution in [3.63, 3.8) is 0 Å². The number of rotatable bonds is 20. The topological polar surface area (TPSA) is 71.1 Å². The largest absolute Gasteiger partial charge is 0.497 e. The fraction of sp³-hybridized carbons (Fsp3) is 0.349. The number of hydrogen-bond donors (Lipinski definition) is 0. The van der Waals surface area contributed by atoms with Crippen LogP contribution in [0.15, 0.2) is 97.1 Å². The van der Waals surface area contributed by atoms with E-state index < -0.39 is 0 Å². The zero-order valence-corrected chi connectivity index (χ0v) is 31.8. The van der Waals surface area contributed by atoms with E-state index in [4.69, 9.17) is 31.2 Å². The van der Waals surface area contributed by atoms with Crippen LogP contribution in [0.2, 0.25) is 0 Å². The lowest BCUT2D eigenvalue weighted by Gasteiger charge is -2.23. The summed E-state index contributed by atoms with van der Waals surface area (Å²) in [6.07, 6.45) is 3.11. The lowest BCUT2D eigenvalue weighted by Crippen LogP contribution is -2.10. The normalized spacial score (nSPS) is 12.6. The standard InChI is InChI=1S/C43H50O6S2/c1-5-48-42(44)30-32-10-7-12-36(28-32)40(34-14-18-38(46-3)19-15-34)22-26-51(25-9-24-50)27-23-41(35-16-20-39(47-4)21-17-35)37-13-8-11-33(29-37)31-43(45)49-6-2/h7-8,10-21,24-25,28-29,40-41H,5-6,9,22-23,26-27,30-31H2,1-4H3. The molecule has 0 N–H and O–H groups in total. The number of ether oxygens (including phenoxy) is 4. The summed E-state index contributed by atoms with van der Waals surface area (Å²) >= 11 is 5.28. The van der Waals surface area contributed by atoms with E-state index in [9.17, 15) is 9.59 Å². The molecule has 2 atom stereocenters. The minimum absolute atomic E-state index is 0.0275. The molecule has 8 heteroatoms. The van der Waals surface area contributed by atoms with Gasteiger partial charge < -0.3 is 18.9 Å². The van der Waals surface area contributed by atoms with Gasteiger partial charge in [-0.2, -0.15) is 10.5 Å². The van der Waals surface area contributed by atoms with Crippen molar-refractivity contribution in [3.8, 4) is 11.5 Å². The zero-order valence-electron chi connectivity index (χ0n) is 30.2. The molecule has 0 aliphatic heterocycles. The average molecular weight is 727 g/mol. The number of hydrogen-bond acceptors (Lipinski definition) is 7. The highest BCUT2D eigenvalue weighted by atomic mass is 32.2. The molecule has 270 valence electrons. The Balaban J connectivity index is 1.61. The molecule has 0 radical (unpaired) electrons. The second-order valence-corrected chi connectivity index (χ2v) is 14.8. The summed E-state index contributed by atoms with van der Waals surface area (Å²) in [5.41, 5.74) is 6.66. The van der Waals surface area contributed by atoms with Crippen LogP contribution < -0.4 is 9.47 Å². The molecule has 0 bridgehead atoms. The molecule has 0 aliphatic carbocycles. The van der Waals surface area contributed by atoms with Crippen LogP contribution in [0.4, 0.5) is 0 Å². The first-order chi connectivity index (χ1) is 24.9. The Labute approximate surface area is 311 Å². The molecule has 0 amide bonds. The molecule has 0 aliphatic rings. The molecule has 2 unspecified atom stereocenters. The van der Waals surface area contributed by atoms with Gasteiger partial charge in [-0.25, -0.2) is 0 Å². The first-order valence-corrected chi connectivity index (χ1v) is 19.7. The summed E-state index contributed by atoms with van der Waals surface area (Å²) in [6.45, 7) is 4.39. The molecular formula is C43H50O6S2. The van der Waals surface area contributed by atoms with Crippen LogP contribution in [0.25, 0.3) is 0 Å². The van der Waals surface area contributed by atoms with Crippen LogP contribution >= 0.6 is 22.7 Å². The predicted octanol–water partition coefficient (Wildman–Crippen LogP) is 9.12. The van der Waals surface area contributed by atoms with E-state index in [-0.39, 0.29) is 47.1 Å². The monoisotopic (exact) mass is 726 g/mol. The third-order valence-corrected chi connectivity index (χ3v) is 11.2. The molecule has 4 aromatic rings. The van der Waals surface area contributed by atoms with Crippen molar-refractivity contribution >= 4 is 45.4 Å². The minimum atomic E-state index is -0.218. The molecule has 6 nitrogen and oxygen atoms in total. The van der Waals surface area contributed by atoms with Crippen molar-refractivity contribution in [2.24, 2.45) is 0 Å². The van der Waals surface area contributed by atoms with Crippen LogP contribution in [0, 0.1) is 0 Å². The lowest BCUT2D eigenvalue weighted by molar-refractivity contribution is -0.143. The first-order valence-electron chi connectivity index (χ1n) is 17.6. The number of methoxy groups -OCH3 is 2. The first kappa shape index (κ1) is 39.5. The second-order valence-electron chi connectivity index (χ2n) is 12.2. The Morgan fingerprint density at radius 3 is 1.45 bits per heavy atom. The van der Waals surface area contributed by atoms with E-state index in [1.54, 1.807) is 19.6 Å². The third kappa shape index (κ3) is 12.5. The Kier molecular flexibility index (Phi) is 16.4. The van der Waals surface area contributed by atoms with Gasteiger partial charge in [-0.1, -0.05) is 90.4 Å². The van der Waals surface area contributed by atoms with E-state index in [2.05, 4.69) is 53.9 Å². The van der Waals surface area contributed by atoms with E-state index >= 15 is 0 Å². The van der Waals surface area contributed by atoms with Gasteiger partial charge in [-0.05, 0) is 108 Å². The van der Waals surface area contributed by atoms with Crippen molar-refractivity contribution in [2.75, 3.05) is 38.9 Å². The van der Waals surface area contributed by atoms with E-state index in [1.165, 1.54) is 22.3 Å². The van der Waals surface area contributed by atoms with Gasteiger partial charge >= 0.3 is 11.9 Å². The summed E-state index contributed by atoms with van der Waals surface area (Å²) in [5.74, 6) is 3.43. The van der Waals surface area contributed by atoms with Crippen LogP contribution in [0.5, 0.6) is 11.5 Å². The maximum atomic E-state index is 12.3. The molecular weight excluding hydrogens is 677 g/mol. The van der Waals surface area contributed by atoms with Crippen LogP contribution in [-0.2, 0) is 31.9 Å². The van der Waals surface area contributed by atoms with Gasteiger partial charge in [0, 0.05) is 11.8 Å². The molecule has 0 heterocycles. The number of thiocarbonyl (C=S) groups is 1. The van der Waals surface area contributed by atoms with Gasteiger partial charge in [0.2, 0.25) is 0 Å². The number of benzene rings is 4. The highest BCUT2D eigenvalue weighted by molar-refractivity contribution is 8.15. The van der Waals surface area contributed by atoms with Gasteiger partial charge in [0.15, 0.2) is 0 Å². The molecule has 0 saturated heterocycles. The molecule has 4 rings (SSSR count). The number of esters is 2. The third-order valence-electron chi connectivity index (χ3n) is 8.82. The Bertz CT molecular complexity index is 1610. The Morgan fingerprint density at radius 1 is 0.647 bits per heavy atom. The SMILES string of the molecule is CCOC(=O)Cc1cccc(C(CCS(=CCC=S)CCC(c2ccc(OC)cc2)c2cccc(CC(=O)OCC)c2)c2ccc(OC)cc2)c1. The van der Waals surface area contributed by atoms with Crippen LogP contribution in [0.1, 0.15) is 78.3 Å². The molecule has 51 heavy (non-hydrogen) atoms. The minimum Gasteiger partial charge on any atom is -0.497 e. The summed E-state index contributed by atoms with van der Waals surface area (Å²) in [6, 6.07) is 33.3. The fourth-order valence-corrected chi connectivity index (χ4v) is 8.50. The molecule has 0 spiro atoms. The number of carbonyl (C=O) groups excluding carboxylic acids is 2. The van der Waals surface area contributed by atoms with Gasteiger partial charge in [0.25, 0.3) is 0 Å². The quantitative estimate of drug-likeness (QED) is 0.0665. The molecule has 4 aromatic carbocycles. The molecule has 0 fully saturated rings. The van der Waals surface area contributed by atoms with Crippen molar-refractivity contribution in [2.45, 2.75) is 57.8 Å². The Hall–Kier alpha value is -4.27. The smallest absolute Gasteiger partial charge is 0.310 e. The molecule has 0 saturated carbocycles. The highest BCUT2D eigenvalue weighted by Crippen LogP contribution is 2.36. The average Bonchev–Trinajstić information content (AvgIpc) is 3.14. The summed E-state index contributed by atoms with van der Waals surface area (Å²) in [5, 5.41) is 4.19. The lowest BCUT2D eigenvalue weighted by atomic mass is 9.88. The zero-order chi connectivity index (χ0) is 36.4. The van der Waals surface area contributed by atoms with E-state index in [0.29, 0.717) is 13.2 Å². The van der Waals surface area contributed by atoms with Gasteiger partial charge in [-0.15, -0.1) is 0 Å². The van der Waals surface area contributed by atoms with Crippen molar-refractivity contribution in [1.82, 2.24) is 0 Å². The maximum absolute atomic E-state index is 12.3.